The van der Waals surface area contributed by atoms with Crippen molar-refractivity contribution in [1.82, 2.24) is 9.78 Å². The zero-order valence-electron chi connectivity index (χ0n) is 12.2. The highest BCUT2D eigenvalue weighted by atomic mass is 35.5. The summed E-state index contributed by atoms with van der Waals surface area (Å²) in [5.74, 6) is 0.878. The Hall–Kier alpha value is -0.800. The highest BCUT2D eigenvalue weighted by Gasteiger charge is 2.26. The lowest BCUT2D eigenvalue weighted by Crippen LogP contribution is -2.28. The van der Waals surface area contributed by atoms with Crippen molar-refractivity contribution >= 4 is 11.6 Å². The van der Waals surface area contributed by atoms with E-state index in [4.69, 9.17) is 11.6 Å². The maximum Gasteiger partial charge on any atom is 0.0847 e. The van der Waals surface area contributed by atoms with Gasteiger partial charge in [0.05, 0.1) is 22.5 Å². The molecule has 19 heavy (non-hydrogen) atoms. The number of halogens is 1. The van der Waals surface area contributed by atoms with E-state index in [-0.39, 0.29) is 6.10 Å². The van der Waals surface area contributed by atoms with Crippen molar-refractivity contribution in [2.24, 2.45) is 18.9 Å². The van der Waals surface area contributed by atoms with Crippen LogP contribution in [0.2, 0.25) is 5.02 Å². The highest BCUT2D eigenvalue weighted by Crippen LogP contribution is 2.32. The van der Waals surface area contributed by atoms with E-state index in [0.717, 1.165) is 24.2 Å². The van der Waals surface area contributed by atoms with E-state index in [9.17, 15) is 5.11 Å². The second-order valence-electron chi connectivity index (χ2n) is 5.93. The average molecular weight is 283 g/mol. The van der Waals surface area contributed by atoms with Crippen molar-refractivity contribution < 1.29 is 5.11 Å². The van der Waals surface area contributed by atoms with Crippen LogP contribution in [0, 0.1) is 18.8 Å². The van der Waals surface area contributed by atoms with Crippen LogP contribution in [0.25, 0.3) is 0 Å². The Kier molecular flexibility index (Phi) is 4.36. The maximum atomic E-state index is 10.5. The summed E-state index contributed by atoms with van der Waals surface area (Å²) in [6.07, 6.45) is 4.58. The first-order valence-corrected chi connectivity index (χ1v) is 7.29. The minimum Gasteiger partial charge on any atom is -0.392 e. The zero-order chi connectivity index (χ0) is 14.2. The smallest absolute Gasteiger partial charge is 0.0847 e. The molecule has 0 bridgehead atoms. The van der Waals surface area contributed by atoms with E-state index in [0.29, 0.717) is 23.3 Å². The number of hydrogen-bond acceptors (Lipinski definition) is 2. The number of hydrogen-bond donors (Lipinski definition) is 1. The summed E-state index contributed by atoms with van der Waals surface area (Å²) in [5.41, 5.74) is 3.15. The topological polar surface area (TPSA) is 38.1 Å². The van der Waals surface area contributed by atoms with Gasteiger partial charge in [-0.3, -0.25) is 4.68 Å². The van der Waals surface area contributed by atoms with Crippen molar-refractivity contribution in [3.8, 4) is 0 Å². The molecule has 2 rings (SSSR count). The van der Waals surface area contributed by atoms with Gasteiger partial charge in [-0.1, -0.05) is 30.2 Å². The third-order valence-corrected chi connectivity index (χ3v) is 4.53. The van der Waals surface area contributed by atoms with Gasteiger partial charge >= 0.3 is 0 Å². The molecule has 0 fully saturated rings. The van der Waals surface area contributed by atoms with E-state index >= 15 is 0 Å². The molecule has 1 N–H and O–H groups in total. The number of rotatable bonds is 3. The van der Waals surface area contributed by atoms with Gasteiger partial charge in [-0.25, -0.2) is 0 Å². The highest BCUT2D eigenvalue weighted by molar-refractivity contribution is 6.31. The Labute approximate surface area is 120 Å². The quantitative estimate of drug-likeness (QED) is 0.864. The molecule has 0 saturated carbocycles. The van der Waals surface area contributed by atoms with E-state index in [1.807, 2.05) is 14.0 Å². The maximum absolute atomic E-state index is 10.5. The summed E-state index contributed by atoms with van der Waals surface area (Å²) in [4.78, 5) is 0. The van der Waals surface area contributed by atoms with Crippen molar-refractivity contribution in [2.45, 2.75) is 46.1 Å². The van der Waals surface area contributed by atoms with Crippen LogP contribution in [0.4, 0.5) is 0 Å². The van der Waals surface area contributed by atoms with Crippen molar-refractivity contribution in [1.29, 1.82) is 0 Å². The lowest BCUT2D eigenvalue weighted by molar-refractivity contribution is 0.0915. The first-order chi connectivity index (χ1) is 8.88. The molecular formula is C15H23ClN2O. The van der Waals surface area contributed by atoms with Crippen LogP contribution in [0.1, 0.15) is 38.1 Å². The van der Waals surface area contributed by atoms with Crippen molar-refractivity contribution in [2.75, 3.05) is 0 Å². The van der Waals surface area contributed by atoms with Crippen LogP contribution in [-0.4, -0.2) is 21.0 Å². The third-order valence-electron chi connectivity index (χ3n) is 4.04. The number of allylic oxidation sites excluding steroid dienone is 2. The summed E-state index contributed by atoms with van der Waals surface area (Å²) in [6.45, 7) is 6.26. The zero-order valence-corrected chi connectivity index (χ0v) is 12.9. The fourth-order valence-corrected chi connectivity index (χ4v) is 3.39. The predicted molar refractivity (Wildman–Crippen MR) is 78.3 cm³/mol. The van der Waals surface area contributed by atoms with Crippen LogP contribution in [-0.2, 0) is 13.5 Å². The average Bonchev–Trinajstić information content (AvgIpc) is 2.54. The lowest BCUT2D eigenvalue weighted by Gasteiger charge is -2.29. The summed E-state index contributed by atoms with van der Waals surface area (Å²) in [6, 6.07) is 0. The molecule has 3 unspecified atom stereocenters. The van der Waals surface area contributed by atoms with Gasteiger partial charge in [0, 0.05) is 13.5 Å². The molecule has 106 valence electrons. The SMILES string of the molecule is CC1=CC(C)CC(C(O)Cc2c(Cl)c(C)nn2C)C1. The molecule has 0 radical (unpaired) electrons. The van der Waals surface area contributed by atoms with Crippen LogP contribution in [0.5, 0.6) is 0 Å². The predicted octanol–water partition coefficient (Wildman–Crippen LogP) is 3.28. The van der Waals surface area contributed by atoms with E-state index < -0.39 is 0 Å². The minimum absolute atomic E-state index is 0.325. The minimum atomic E-state index is -0.349. The first-order valence-electron chi connectivity index (χ1n) is 6.91. The van der Waals surface area contributed by atoms with Crippen LogP contribution >= 0.6 is 11.6 Å². The van der Waals surface area contributed by atoms with E-state index in [2.05, 4.69) is 25.0 Å². The Morgan fingerprint density at radius 3 is 2.74 bits per heavy atom. The first kappa shape index (κ1) is 14.6. The molecule has 1 aliphatic rings. The summed E-state index contributed by atoms with van der Waals surface area (Å²) in [5, 5.41) is 15.5. The lowest BCUT2D eigenvalue weighted by atomic mass is 9.79. The van der Waals surface area contributed by atoms with Gasteiger partial charge in [-0.2, -0.15) is 5.10 Å². The number of aryl methyl sites for hydroxylation is 2. The van der Waals surface area contributed by atoms with Gasteiger partial charge in [-0.05, 0) is 38.5 Å². The van der Waals surface area contributed by atoms with Gasteiger partial charge in [-0.15, -0.1) is 0 Å². The summed E-state index contributed by atoms with van der Waals surface area (Å²) in [7, 11) is 1.88. The third kappa shape index (κ3) is 3.21. The molecule has 1 aliphatic carbocycles. The Balaban J connectivity index is 2.09. The van der Waals surface area contributed by atoms with Crippen LogP contribution in [0.15, 0.2) is 11.6 Å². The Morgan fingerprint density at radius 1 is 1.53 bits per heavy atom. The molecule has 0 aromatic carbocycles. The number of aromatic nitrogens is 2. The second-order valence-corrected chi connectivity index (χ2v) is 6.31. The molecule has 3 nitrogen and oxygen atoms in total. The number of aliphatic hydroxyl groups is 1. The van der Waals surface area contributed by atoms with Crippen molar-refractivity contribution in [3.05, 3.63) is 28.1 Å². The second kappa shape index (κ2) is 5.68. The molecule has 0 amide bonds. The molecule has 3 atom stereocenters. The largest absolute Gasteiger partial charge is 0.392 e. The number of aliphatic hydroxyl groups excluding tert-OH is 1. The standard InChI is InChI=1S/C15H23ClN2O/c1-9-5-10(2)7-12(6-9)14(19)8-13-15(16)11(3)17-18(13)4/h5,9,12,14,19H,6-8H2,1-4H3. The number of nitrogens with zero attached hydrogens (tertiary/aromatic N) is 2. The van der Waals surface area contributed by atoms with E-state index in [1.165, 1.54) is 5.57 Å². The molecule has 1 aromatic rings. The van der Waals surface area contributed by atoms with Gasteiger partial charge in [0.15, 0.2) is 0 Å². The van der Waals surface area contributed by atoms with Gasteiger partial charge < -0.3 is 5.11 Å². The molecule has 4 heteroatoms. The van der Waals surface area contributed by atoms with E-state index in [1.54, 1.807) is 4.68 Å². The normalized spacial score (nSPS) is 25.3. The summed E-state index contributed by atoms with van der Waals surface area (Å²) >= 11 is 6.25. The Bertz CT molecular complexity index is 493. The summed E-state index contributed by atoms with van der Waals surface area (Å²) < 4.78 is 1.79. The molecule has 1 heterocycles. The molecular weight excluding hydrogens is 260 g/mol. The fourth-order valence-electron chi connectivity index (χ4n) is 3.16. The van der Waals surface area contributed by atoms with Gasteiger partial charge in [0.1, 0.15) is 0 Å². The monoisotopic (exact) mass is 282 g/mol. The molecule has 0 spiro atoms. The molecule has 1 aromatic heterocycles. The van der Waals surface area contributed by atoms with Gasteiger partial charge in [0.2, 0.25) is 0 Å². The van der Waals surface area contributed by atoms with Gasteiger partial charge in [0.25, 0.3) is 0 Å². The molecule has 0 saturated heterocycles. The van der Waals surface area contributed by atoms with Crippen LogP contribution in [0.3, 0.4) is 0 Å². The van der Waals surface area contributed by atoms with Crippen LogP contribution < -0.4 is 0 Å². The fraction of sp³-hybridized carbons (Fsp3) is 0.667. The molecule has 0 aliphatic heterocycles. The van der Waals surface area contributed by atoms with Crippen molar-refractivity contribution in [3.63, 3.8) is 0 Å². The Morgan fingerprint density at radius 2 is 2.21 bits per heavy atom.